The van der Waals surface area contributed by atoms with E-state index in [1.165, 1.54) is 10.4 Å². The maximum atomic E-state index is 6.16. The Bertz CT molecular complexity index is 454. The zero-order valence-corrected chi connectivity index (χ0v) is 13.0. The summed E-state index contributed by atoms with van der Waals surface area (Å²) in [6.07, 6.45) is 0. The highest BCUT2D eigenvalue weighted by molar-refractivity contribution is 6.97. The van der Waals surface area contributed by atoms with Gasteiger partial charge in [0.1, 0.15) is 0 Å². The molecule has 100 valence electrons. The highest BCUT2D eigenvalue weighted by Gasteiger charge is 2.38. The van der Waals surface area contributed by atoms with Gasteiger partial charge in [0.2, 0.25) is 0 Å². The van der Waals surface area contributed by atoms with Crippen LogP contribution in [-0.4, -0.2) is 15.4 Å². The molecule has 0 bridgehead atoms. The quantitative estimate of drug-likeness (QED) is 0.759. The molecule has 0 aromatic heterocycles. The maximum Gasteiger partial charge on any atom is 0.255 e. The molecule has 2 aromatic rings. The van der Waals surface area contributed by atoms with Crippen LogP contribution in [-0.2, 0) is 4.43 Å². The van der Waals surface area contributed by atoms with Gasteiger partial charge in [-0.1, -0.05) is 74.5 Å². The summed E-state index contributed by atoms with van der Waals surface area (Å²) in [7, 11) is -0.215. The fraction of sp³-hybridized carbons (Fsp3) is 0.294. The predicted molar refractivity (Wildman–Crippen MR) is 84.6 cm³/mol. The van der Waals surface area contributed by atoms with Crippen LogP contribution in [0.1, 0.15) is 13.8 Å². The summed E-state index contributed by atoms with van der Waals surface area (Å²) in [4.78, 5) is 0. The minimum absolute atomic E-state index is 0.618. The first-order chi connectivity index (χ1) is 9.19. The number of hydrogen-bond acceptors (Lipinski definition) is 1. The van der Waals surface area contributed by atoms with Crippen molar-refractivity contribution in [2.75, 3.05) is 7.11 Å². The summed E-state index contributed by atoms with van der Waals surface area (Å²) in [5.41, 5.74) is 0. The van der Waals surface area contributed by atoms with E-state index in [0.29, 0.717) is 5.92 Å². The van der Waals surface area contributed by atoms with Gasteiger partial charge in [0.15, 0.2) is 0 Å². The average molecular weight is 270 g/mol. The lowest BCUT2D eigenvalue weighted by molar-refractivity contribution is 0.407. The van der Waals surface area contributed by atoms with Crippen LogP contribution in [0.4, 0.5) is 0 Å². The summed E-state index contributed by atoms with van der Waals surface area (Å²) in [6, 6.07) is 22.5. The normalized spacial score (nSPS) is 11.8. The molecule has 0 aliphatic heterocycles. The van der Waals surface area contributed by atoms with Crippen molar-refractivity contribution >= 4 is 18.7 Å². The second-order valence-electron chi connectivity index (χ2n) is 5.36. The molecule has 0 aliphatic carbocycles. The standard InChI is InChI=1S/C17H22OSi/c1-15(2)14-19(18-3,16-10-6-4-7-11-16)17-12-8-5-9-13-17/h4-13,15H,14H2,1-3H3. The summed E-state index contributed by atoms with van der Waals surface area (Å²) in [6.45, 7) is 4.54. The second kappa shape index (κ2) is 6.18. The lowest BCUT2D eigenvalue weighted by Gasteiger charge is -2.32. The molecule has 0 fully saturated rings. The van der Waals surface area contributed by atoms with E-state index in [4.69, 9.17) is 4.43 Å². The van der Waals surface area contributed by atoms with E-state index in [9.17, 15) is 0 Å². The van der Waals surface area contributed by atoms with Gasteiger partial charge in [-0.25, -0.2) is 0 Å². The smallest absolute Gasteiger partial charge is 0.255 e. The second-order valence-corrected chi connectivity index (χ2v) is 8.99. The van der Waals surface area contributed by atoms with Crippen LogP contribution in [0.2, 0.25) is 6.04 Å². The molecule has 19 heavy (non-hydrogen) atoms. The first-order valence-electron chi connectivity index (χ1n) is 6.85. The average Bonchev–Trinajstić information content (AvgIpc) is 2.46. The third-order valence-corrected chi connectivity index (χ3v) is 8.14. The molecular formula is C17H22OSi. The Labute approximate surface area is 117 Å². The Hall–Kier alpha value is -1.38. The van der Waals surface area contributed by atoms with Crippen molar-refractivity contribution in [2.24, 2.45) is 5.92 Å². The molecule has 0 N–H and O–H groups in total. The monoisotopic (exact) mass is 270 g/mol. The van der Waals surface area contributed by atoms with E-state index >= 15 is 0 Å². The van der Waals surface area contributed by atoms with Crippen LogP contribution in [0.3, 0.4) is 0 Å². The SMILES string of the molecule is CO[Si](CC(C)C)(c1ccccc1)c1ccccc1. The van der Waals surface area contributed by atoms with Crippen molar-refractivity contribution in [3.63, 3.8) is 0 Å². The van der Waals surface area contributed by atoms with Crippen LogP contribution >= 0.6 is 0 Å². The van der Waals surface area contributed by atoms with Gasteiger partial charge in [-0.15, -0.1) is 0 Å². The van der Waals surface area contributed by atoms with Gasteiger partial charge in [0.25, 0.3) is 8.32 Å². The number of rotatable bonds is 5. The van der Waals surface area contributed by atoms with Crippen LogP contribution in [0.15, 0.2) is 60.7 Å². The van der Waals surface area contributed by atoms with E-state index in [-0.39, 0.29) is 0 Å². The molecular weight excluding hydrogens is 248 g/mol. The van der Waals surface area contributed by atoms with E-state index < -0.39 is 8.32 Å². The van der Waals surface area contributed by atoms with E-state index in [1.54, 1.807) is 0 Å². The van der Waals surface area contributed by atoms with Crippen LogP contribution in [0, 0.1) is 5.92 Å². The Balaban J connectivity index is 2.55. The van der Waals surface area contributed by atoms with Crippen LogP contribution < -0.4 is 10.4 Å². The molecule has 0 spiro atoms. The molecule has 0 heterocycles. The lowest BCUT2D eigenvalue weighted by atomic mass is 10.3. The summed E-state index contributed by atoms with van der Waals surface area (Å²) >= 11 is 0. The zero-order valence-electron chi connectivity index (χ0n) is 12.0. The summed E-state index contributed by atoms with van der Waals surface area (Å²) in [5.74, 6) is 0.618. The van der Waals surface area contributed by atoms with Gasteiger partial charge in [0, 0.05) is 7.11 Å². The third kappa shape index (κ3) is 2.96. The number of hydrogen-bond donors (Lipinski definition) is 0. The van der Waals surface area contributed by atoms with Crippen molar-refractivity contribution in [1.29, 1.82) is 0 Å². The summed E-state index contributed by atoms with van der Waals surface area (Å²) in [5, 5.41) is 2.72. The number of benzene rings is 2. The minimum atomic E-state index is -2.08. The van der Waals surface area contributed by atoms with Crippen molar-refractivity contribution in [3.8, 4) is 0 Å². The molecule has 0 saturated carbocycles. The Morgan fingerprint density at radius 2 is 1.26 bits per heavy atom. The van der Waals surface area contributed by atoms with E-state index in [2.05, 4.69) is 74.5 Å². The van der Waals surface area contributed by atoms with Crippen LogP contribution in [0.5, 0.6) is 0 Å². The minimum Gasteiger partial charge on any atom is -0.411 e. The molecule has 2 aromatic carbocycles. The topological polar surface area (TPSA) is 9.23 Å². The van der Waals surface area contributed by atoms with Gasteiger partial charge in [-0.2, -0.15) is 0 Å². The van der Waals surface area contributed by atoms with Crippen LogP contribution in [0.25, 0.3) is 0 Å². The van der Waals surface area contributed by atoms with Crippen molar-refractivity contribution in [1.82, 2.24) is 0 Å². The largest absolute Gasteiger partial charge is 0.411 e. The fourth-order valence-corrected chi connectivity index (χ4v) is 6.77. The van der Waals surface area contributed by atoms with E-state index in [1.807, 2.05) is 7.11 Å². The highest BCUT2D eigenvalue weighted by Crippen LogP contribution is 2.18. The van der Waals surface area contributed by atoms with Gasteiger partial charge < -0.3 is 4.43 Å². The maximum absolute atomic E-state index is 6.16. The van der Waals surface area contributed by atoms with Gasteiger partial charge in [-0.05, 0) is 22.3 Å². The Morgan fingerprint density at radius 1 is 0.842 bits per heavy atom. The van der Waals surface area contributed by atoms with Crippen molar-refractivity contribution in [3.05, 3.63) is 60.7 Å². The third-order valence-electron chi connectivity index (χ3n) is 3.52. The molecule has 0 amide bonds. The molecule has 2 rings (SSSR count). The Morgan fingerprint density at radius 3 is 1.58 bits per heavy atom. The Kier molecular flexibility index (Phi) is 4.56. The first kappa shape index (κ1) is 14.0. The fourth-order valence-electron chi connectivity index (χ4n) is 2.71. The van der Waals surface area contributed by atoms with E-state index in [0.717, 1.165) is 6.04 Å². The molecule has 0 aliphatic rings. The predicted octanol–water partition coefficient (Wildman–Crippen LogP) is 3.05. The molecule has 0 atom stereocenters. The van der Waals surface area contributed by atoms with Crippen molar-refractivity contribution in [2.45, 2.75) is 19.9 Å². The molecule has 0 saturated heterocycles. The first-order valence-corrected chi connectivity index (χ1v) is 8.97. The van der Waals surface area contributed by atoms with Crippen molar-refractivity contribution < 1.29 is 4.43 Å². The lowest BCUT2D eigenvalue weighted by Crippen LogP contribution is -2.60. The molecule has 2 heteroatoms. The summed E-state index contributed by atoms with van der Waals surface area (Å²) < 4.78 is 6.16. The highest BCUT2D eigenvalue weighted by atomic mass is 28.4. The molecule has 1 nitrogen and oxygen atoms in total. The van der Waals surface area contributed by atoms with Gasteiger partial charge in [-0.3, -0.25) is 0 Å². The van der Waals surface area contributed by atoms with Gasteiger partial charge in [0.05, 0.1) is 0 Å². The van der Waals surface area contributed by atoms with Gasteiger partial charge >= 0.3 is 0 Å². The molecule has 0 unspecified atom stereocenters. The zero-order chi connectivity index (χ0) is 13.7. The molecule has 0 radical (unpaired) electrons.